The van der Waals surface area contributed by atoms with E-state index in [0.29, 0.717) is 37.5 Å². The van der Waals surface area contributed by atoms with Crippen LogP contribution in [0, 0.1) is 0 Å². The molecule has 5 amide bonds. The summed E-state index contributed by atoms with van der Waals surface area (Å²) < 4.78 is 31.1. The average Bonchev–Trinajstić information content (AvgIpc) is 3.41. The molecule has 3 heterocycles. The maximum Gasteiger partial charge on any atom is 0.333 e. The quantitative estimate of drug-likeness (QED) is 0.107. The first-order valence-electron chi connectivity index (χ1n) is 11.6. The number of nitrogens with one attached hydrogen (secondary N) is 3. The molecule has 3 aliphatic heterocycles. The molecule has 3 aliphatic rings. The van der Waals surface area contributed by atoms with Crippen molar-refractivity contribution in [3.8, 4) is 0 Å². The summed E-state index contributed by atoms with van der Waals surface area (Å²) in [5.74, 6) is -2.30. The Morgan fingerprint density at radius 2 is 1.83 bits per heavy atom. The smallest absolute Gasteiger partial charge is 0.333 e. The third-order valence-corrected chi connectivity index (χ3v) is 8.67. The first-order chi connectivity index (χ1) is 16.6. The van der Waals surface area contributed by atoms with Crippen molar-refractivity contribution >= 4 is 51.6 Å². The van der Waals surface area contributed by atoms with Crippen LogP contribution >= 0.6 is 11.8 Å². The van der Waals surface area contributed by atoms with Crippen LogP contribution in [-0.4, -0.2) is 82.6 Å². The second-order valence-electron chi connectivity index (χ2n) is 8.73. The van der Waals surface area contributed by atoms with Gasteiger partial charge in [0.1, 0.15) is 0 Å². The number of fused-ring (bicyclic) bond motifs is 1. The van der Waals surface area contributed by atoms with Crippen LogP contribution in [0.3, 0.4) is 0 Å². The number of rotatable bonds is 13. The molecule has 3 fully saturated rings. The summed E-state index contributed by atoms with van der Waals surface area (Å²) in [6, 6.07) is 0.265. The van der Waals surface area contributed by atoms with Gasteiger partial charge in [-0.3, -0.25) is 18.9 Å². The lowest BCUT2D eigenvalue weighted by Crippen LogP contribution is -2.36. The van der Waals surface area contributed by atoms with E-state index in [9.17, 15) is 32.4 Å². The van der Waals surface area contributed by atoms with Crippen LogP contribution in [0.15, 0.2) is 0 Å². The Bertz CT molecular complexity index is 958. The Hall–Kier alpha value is -2.39. The Labute approximate surface area is 207 Å². The maximum atomic E-state index is 12.0. The highest BCUT2D eigenvalue weighted by Gasteiger charge is 2.48. The number of carbonyl (C=O) groups is 5. The zero-order valence-corrected chi connectivity index (χ0v) is 20.7. The predicted molar refractivity (Wildman–Crippen MR) is 123 cm³/mol. The van der Waals surface area contributed by atoms with Gasteiger partial charge in [0.25, 0.3) is 21.9 Å². The molecule has 0 radical (unpaired) electrons. The molecular formula is C20H30N4O9S2. The van der Waals surface area contributed by atoms with E-state index in [-0.39, 0.29) is 35.5 Å². The lowest BCUT2D eigenvalue weighted by atomic mass is 10.0. The fourth-order valence-electron chi connectivity index (χ4n) is 4.22. The normalized spacial score (nSPS) is 25.9. The fraction of sp³-hybridized carbons (Fsp3) is 0.750. The van der Waals surface area contributed by atoms with Gasteiger partial charge < -0.3 is 20.8 Å². The number of nitrogens with zero attached hydrogens (tertiary/aromatic N) is 1. The van der Waals surface area contributed by atoms with E-state index >= 15 is 0 Å². The summed E-state index contributed by atoms with van der Waals surface area (Å²) in [4.78, 5) is 63.3. The molecule has 0 aromatic carbocycles. The molecule has 0 aliphatic carbocycles. The van der Waals surface area contributed by atoms with Crippen LogP contribution in [0.2, 0.25) is 0 Å². The Kier molecular flexibility index (Phi) is 9.35. The van der Waals surface area contributed by atoms with E-state index in [4.69, 9.17) is 4.55 Å². The molecule has 3 saturated heterocycles. The second-order valence-corrected chi connectivity index (χ2v) is 11.6. The maximum absolute atomic E-state index is 12.0. The van der Waals surface area contributed by atoms with Crippen molar-refractivity contribution in [3.63, 3.8) is 0 Å². The molecule has 0 aromatic rings. The lowest BCUT2D eigenvalue weighted by molar-refractivity contribution is -0.197. The van der Waals surface area contributed by atoms with E-state index in [1.807, 2.05) is 11.8 Å². The number of hydrogen-bond donors (Lipinski definition) is 4. The number of hydroxylamine groups is 2. The van der Waals surface area contributed by atoms with Crippen molar-refractivity contribution in [2.75, 3.05) is 12.3 Å². The molecule has 0 bridgehead atoms. The zero-order valence-electron chi connectivity index (χ0n) is 19.1. The lowest BCUT2D eigenvalue weighted by Gasteiger charge is -2.16. The standard InChI is InChI=1S/C20H30N4O9S2/c25-15(7-4-3-6-13-18-12(11-34-13)22-20(29)23-18)21-9-5-1-2-8-17(27)33-24-16(26)10-14(19(24)28)35(30,31)32/h12-14,18H,1-11H2,(H,21,25)(H2,22,23,29)(H,30,31,32)/t12-,13?,14?,18-/m0/s1. The predicted octanol–water partition coefficient (Wildman–Crippen LogP) is -0.138. The molecule has 196 valence electrons. The molecule has 0 spiro atoms. The molecule has 0 saturated carbocycles. The Morgan fingerprint density at radius 3 is 2.54 bits per heavy atom. The molecule has 13 nitrogen and oxygen atoms in total. The van der Waals surface area contributed by atoms with Crippen LogP contribution in [0.4, 0.5) is 4.79 Å². The van der Waals surface area contributed by atoms with Crippen LogP contribution in [0.1, 0.15) is 57.8 Å². The van der Waals surface area contributed by atoms with E-state index in [0.717, 1.165) is 25.0 Å². The monoisotopic (exact) mass is 534 g/mol. The first-order valence-corrected chi connectivity index (χ1v) is 14.1. The van der Waals surface area contributed by atoms with Gasteiger partial charge >= 0.3 is 12.0 Å². The van der Waals surface area contributed by atoms with Crippen LogP contribution in [-0.2, 0) is 34.1 Å². The molecule has 0 aromatic heterocycles. The second kappa shape index (κ2) is 12.0. The number of carbonyl (C=O) groups excluding carboxylic acids is 5. The Balaban J connectivity index is 1.19. The minimum atomic E-state index is -4.76. The minimum Gasteiger partial charge on any atom is -0.356 e. The third kappa shape index (κ3) is 7.54. The number of urea groups is 1. The first kappa shape index (κ1) is 27.2. The van der Waals surface area contributed by atoms with Crippen LogP contribution < -0.4 is 16.0 Å². The van der Waals surface area contributed by atoms with E-state index in [1.54, 1.807) is 0 Å². The minimum absolute atomic E-state index is 0.0448. The summed E-state index contributed by atoms with van der Waals surface area (Å²) in [5, 5.41) is 7.20. The number of thioether (sulfide) groups is 1. The molecule has 4 atom stereocenters. The summed E-state index contributed by atoms with van der Waals surface area (Å²) >= 11 is 1.85. The molecule has 15 heteroatoms. The molecule has 3 rings (SSSR count). The van der Waals surface area contributed by atoms with Crippen molar-refractivity contribution in [1.29, 1.82) is 0 Å². The summed E-state index contributed by atoms with van der Waals surface area (Å²) in [7, 11) is -4.76. The fourth-order valence-corrected chi connectivity index (χ4v) is 6.47. The van der Waals surface area contributed by atoms with Gasteiger partial charge in [0.15, 0.2) is 5.25 Å². The van der Waals surface area contributed by atoms with Gasteiger partial charge in [0.05, 0.1) is 18.5 Å². The van der Waals surface area contributed by atoms with Crippen molar-refractivity contribution in [2.24, 2.45) is 0 Å². The number of hydrogen-bond acceptors (Lipinski definition) is 9. The summed E-state index contributed by atoms with van der Waals surface area (Å²) in [5.41, 5.74) is 0. The van der Waals surface area contributed by atoms with Crippen molar-refractivity contribution in [3.05, 3.63) is 0 Å². The zero-order chi connectivity index (χ0) is 25.6. The van der Waals surface area contributed by atoms with Crippen molar-refractivity contribution < 1.29 is 41.8 Å². The number of unbranched alkanes of at least 4 members (excludes halogenated alkanes) is 3. The van der Waals surface area contributed by atoms with E-state index in [2.05, 4.69) is 20.8 Å². The highest BCUT2D eigenvalue weighted by molar-refractivity contribution is 8.00. The molecule has 2 unspecified atom stereocenters. The number of amides is 5. The van der Waals surface area contributed by atoms with Gasteiger partial charge in [-0.1, -0.05) is 12.8 Å². The average molecular weight is 535 g/mol. The van der Waals surface area contributed by atoms with Gasteiger partial charge in [0.2, 0.25) is 5.91 Å². The largest absolute Gasteiger partial charge is 0.356 e. The molecule has 4 N–H and O–H groups in total. The topological polar surface area (TPSA) is 188 Å². The van der Waals surface area contributed by atoms with Gasteiger partial charge in [-0.15, -0.1) is 5.06 Å². The van der Waals surface area contributed by atoms with Crippen molar-refractivity contribution in [1.82, 2.24) is 21.0 Å². The molecule has 35 heavy (non-hydrogen) atoms. The summed E-state index contributed by atoms with van der Waals surface area (Å²) in [6.07, 6.45) is 3.76. The van der Waals surface area contributed by atoms with Gasteiger partial charge in [0, 0.05) is 30.4 Å². The third-order valence-electron chi connectivity index (χ3n) is 6.08. The highest BCUT2D eigenvalue weighted by Crippen LogP contribution is 2.33. The van der Waals surface area contributed by atoms with Gasteiger partial charge in [-0.2, -0.15) is 20.2 Å². The highest BCUT2D eigenvalue weighted by atomic mass is 32.2. The number of imide groups is 1. The van der Waals surface area contributed by atoms with E-state index < -0.39 is 39.6 Å². The SMILES string of the molecule is O=C(CCCCC1SC[C@@H]2NC(=O)N[C@H]12)NCCCCCC(=O)ON1C(=O)CC(S(=O)(=O)O)C1=O. The van der Waals surface area contributed by atoms with E-state index in [1.165, 1.54) is 0 Å². The van der Waals surface area contributed by atoms with Crippen LogP contribution in [0.5, 0.6) is 0 Å². The Morgan fingerprint density at radius 1 is 1.09 bits per heavy atom. The molecular weight excluding hydrogens is 504 g/mol. The van der Waals surface area contributed by atoms with Gasteiger partial charge in [-0.25, -0.2) is 9.59 Å². The van der Waals surface area contributed by atoms with Crippen LogP contribution in [0.25, 0.3) is 0 Å². The summed E-state index contributed by atoms with van der Waals surface area (Å²) in [6.45, 7) is 0.451. The van der Waals surface area contributed by atoms with Crippen molar-refractivity contribution in [2.45, 2.75) is 80.4 Å². The van der Waals surface area contributed by atoms with Gasteiger partial charge in [-0.05, 0) is 25.7 Å².